The second-order valence-electron chi connectivity index (χ2n) is 5.85. The van der Waals surface area contributed by atoms with Gasteiger partial charge in [0.1, 0.15) is 5.60 Å². The lowest BCUT2D eigenvalue weighted by atomic mass is 9.77. The quantitative estimate of drug-likeness (QED) is 0.861. The fraction of sp³-hybridized carbons (Fsp3) is 0.786. The molecule has 114 valence electrons. The highest BCUT2D eigenvalue weighted by Crippen LogP contribution is 2.40. The molecule has 0 aliphatic carbocycles. The second-order valence-corrected chi connectivity index (χ2v) is 6.26. The largest absolute Gasteiger partial charge is 0.383 e. The maximum Gasteiger partial charge on any atom is 0.113 e. The number of hydrogen-bond acceptors (Lipinski definition) is 4. The van der Waals surface area contributed by atoms with Crippen LogP contribution in [0.1, 0.15) is 25.5 Å². The van der Waals surface area contributed by atoms with Gasteiger partial charge in [-0.05, 0) is 33.5 Å². The molecule has 2 N–H and O–H groups in total. The molecular weight excluding hydrogens is 276 g/mol. The Morgan fingerprint density at radius 1 is 1.60 bits per heavy atom. The maximum absolute atomic E-state index is 11.2. The Kier molecular flexibility index (Phi) is 5.07. The zero-order valence-corrected chi connectivity index (χ0v) is 13.3. The lowest BCUT2D eigenvalue weighted by Crippen LogP contribution is -2.49. The molecule has 1 aromatic heterocycles. The molecule has 0 aromatic carbocycles. The van der Waals surface area contributed by atoms with Crippen molar-refractivity contribution in [3.05, 3.63) is 16.9 Å². The van der Waals surface area contributed by atoms with Gasteiger partial charge in [-0.3, -0.25) is 4.68 Å². The molecule has 20 heavy (non-hydrogen) atoms. The summed E-state index contributed by atoms with van der Waals surface area (Å²) in [5.41, 5.74) is -0.0887. The van der Waals surface area contributed by atoms with E-state index in [1.54, 1.807) is 6.20 Å². The third-order valence-electron chi connectivity index (χ3n) is 4.21. The van der Waals surface area contributed by atoms with Crippen LogP contribution in [0.3, 0.4) is 0 Å². The molecule has 0 saturated carbocycles. The van der Waals surface area contributed by atoms with Crippen molar-refractivity contribution in [3.63, 3.8) is 0 Å². The van der Waals surface area contributed by atoms with Gasteiger partial charge in [0.2, 0.25) is 0 Å². The number of halogens is 1. The van der Waals surface area contributed by atoms with Crippen LogP contribution in [0.25, 0.3) is 0 Å². The summed E-state index contributed by atoms with van der Waals surface area (Å²) in [7, 11) is 4.05. The molecular formula is C14H25ClN4O. The molecule has 0 bridgehead atoms. The molecule has 1 saturated heterocycles. The van der Waals surface area contributed by atoms with Crippen LogP contribution in [0.2, 0.25) is 5.02 Å². The number of nitrogens with zero attached hydrogens (tertiary/aromatic N) is 3. The number of rotatable bonds is 5. The average Bonchev–Trinajstić information content (AvgIpc) is 2.78. The normalized spacial score (nSPS) is 27.2. The molecule has 0 radical (unpaired) electrons. The molecule has 1 aliphatic rings. The molecule has 2 heterocycles. The minimum absolute atomic E-state index is 0.170. The predicted molar refractivity (Wildman–Crippen MR) is 81.0 cm³/mol. The first-order chi connectivity index (χ1) is 9.49. The van der Waals surface area contributed by atoms with Crippen molar-refractivity contribution in [2.45, 2.75) is 31.9 Å². The average molecular weight is 301 g/mol. The highest BCUT2D eigenvalue weighted by atomic mass is 35.5. The lowest BCUT2D eigenvalue weighted by molar-refractivity contribution is -0.0549. The summed E-state index contributed by atoms with van der Waals surface area (Å²) in [5.74, 6) is 0.170. The number of piperidine rings is 1. The molecule has 2 atom stereocenters. The minimum atomic E-state index is -0.875. The van der Waals surface area contributed by atoms with Gasteiger partial charge in [0, 0.05) is 19.0 Å². The third-order valence-corrected chi connectivity index (χ3v) is 4.48. The van der Waals surface area contributed by atoms with Gasteiger partial charge in [0.15, 0.2) is 0 Å². The number of nitrogens with one attached hydrogen (secondary N) is 1. The number of hydrogen-bond donors (Lipinski definition) is 2. The summed E-state index contributed by atoms with van der Waals surface area (Å²) in [5, 5.41) is 19.5. The number of likely N-dealkylation sites (N-methyl/N-ethyl adjacent to an activating group) is 1. The van der Waals surface area contributed by atoms with E-state index in [0.29, 0.717) is 11.4 Å². The minimum Gasteiger partial charge on any atom is -0.383 e. The fourth-order valence-electron chi connectivity index (χ4n) is 2.98. The summed E-state index contributed by atoms with van der Waals surface area (Å²) in [6.45, 7) is 5.35. The van der Waals surface area contributed by atoms with Crippen molar-refractivity contribution < 1.29 is 5.11 Å². The van der Waals surface area contributed by atoms with Crippen LogP contribution in [-0.2, 0) is 12.1 Å². The third kappa shape index (κ3) is 3.01. The van der Waals surface area contributed by atoms with Crippen LogP contribution in [-0.4, -0.2) is 53.5 Å². The van der Waals surface area contributed by atoms with E-state index in [-0.39, 0.29) is 5.92 Å². The van der Waals surface area contributed by atoms with Crippen molar-refractivity contribution in [2.75, 3.05) is 33.7 Å². The van der Waals surface area contributed by atoms with Crippen molar-refractivity contribution in [1.29, 1.82) is 0 Å². The molecule has 1 fully saturated rings. The van der Waals surface area contributed by atoms with E-state index in [4.69, 9.17) is 11.6 Å². The molecule has 0 amide bonds. The number of aromatic nitrogens is 2. The van der Waals surface area contributed by atoms with Crippen LogP contribution in [0.15, 0.2) is 6.20 Å². The van der Waals surface area contributed by atoms with Gasteiger partial charge in [0.25, 0.3) is 0 Å². The standard InChI is InChI=1S/C14H25ClN4O/c1-4-11-9-16-6-5-14(11,20)13-12(15)10-17-19(13)8-7-18(2)3/h10-11,16,20H,4-9H2,1-3H3. The summed E-state index contributed by atoms with van der Waals surface area (Å²) < 4.78 is 1.87. The Bertz CT molecular complexity index is 448. The zero-order chi connectivity index (χ0) is 14.8. The number of aliphatic hydroxyl groups is 1. The van der Waals surface area contributed by atoms with E-state index in [2.05, 4.69) is 22.2 Å². The summed E-state index contributed by atoms with van der Waals surface area (Å²) >= 11 is 6.33. The Morgan fingerprint density at radius 2 is 2.35 bits per heavy atom. The second kappa shape index (κ2) is 6.43. The Labute approximate surface area is 125 Å². The van der Waals surface area contributed by atoms with E-state index in [0.717, 1.165) is 38.3 Å². The molecule has 0 spiro atoms. The monoisotopic (exact) mass is 300 g/mol. The molecule has 6 heteroatoms. The SMILES string of the molecule is CCC1CNCCC1(O)c1c(Cl)cnn1CCN(C)C. The van der Waals surface area contributed by atoms with Gasteiger partial charge in [0.05, 0.1) is 23.5 Å². The van der Waals surface area contributed by atoms with Gasteiger partial charge in [-0.25, -0.2) is 0 Å². The smallest absolute Gasteiger partial charge is 0.113 e. The van der Waals surface area contributed by atoms with E-state index in [1.807, 2.05) is 18.8 Å². The Hall–Kier alpha value is -0.620. The van der Waals surface area contributed by atoms with Gasteiger partial charge >= 0.3 is 0 Å². The molecule has 2 unspecified atom stereocenters. The van der Waals surface area contributed by atoms with Gasteiger partial charge in [-0.2, -0.15) is 5.10 Å². The molecule has 5 nitrogen and oxygen atoms in total. The van der Waals surface area contributed by atoms with Crippen LogP contribution in [0.4, 0.5) is 0 Å². The maximum atomic E-state index is 11.2. The highest BCUT2D eigenvalue weighted by Gasteiger charge is 2.43. The lowest BCUT2D eigenvalue weighted by Gasteiger charge is -2.40. The first-order valence-corrected chi connectivity index (χ1v) is 7.66. The molecule has 1 aliphatic heterocycles. The predicted octanol–water partition coefficient (Wildman–Crippen LogP) is 1.31. The first-order valence-electron chi connectivity index (χ1n) is 7.28. The topological polar surface area (TPSA) is 53.3 Å². The van der Waals surface area contributed by atoms with Gasteiger partial charge in [-0.1, -0.05) is 18.5 Å². The summed E-state index contributed by atoms with van der Waals surface area (Å²) in [4.78, 5) is 2.10. The summed E-state index contributed by atoms with van der Waals surface area (Å²) in [6.07, 6.45) is 3.25. The van der Waals surface area contributed by atoms with E-state index < -0.39 is 5.60 Å². The fourth-order valence-corrected chi connectivity index (χ4v) is 3.28. The van der Waals surface area contributed by atoms with Crippen LogP contribution >= 0.6 is 11.6 Å². The van der Waals surface area contributed by atoms with Crippen molar-refractivity contribution >= 4 is 11.6 Å². The van der Waals surface area contributed by atoms with E-state index >= 15 is 0 Å². The highest BCUT2D eigenvalue weighted by molar-refractivity contribution is 6.31. The zero-order valence-electron chi connectivity index (χ0n) is 12.6. The summed E-state index contributed by atoms with van der Waals surface area (Å²) in [6, 6.07) is 0. The van der Waals surface area contributed by atoms with Crippen LogP contribution < -0.4 is 5.32 Å². The Balaban J connectivity index is 2.31. The molecule has 1 aromatic rings. The van der Waals surface area contributed by atoms with Crippen molar-refractivity contribution in [2.24, 2.45) is 5.92 Å². The van der Waals surface area contributed by atoms with E-state index in [1.165, 1.54) is 0 Å². The molecule has 2 rings (SSSR count). The van der Waals surface area contributed by atoms with Crippen molar-refractivity contribution in [3.8, 4) is 0 Å². The van der Waals surface area contributed by atoms with Gasteiger partial charge in [-0.15, -0.1) is 0 Å². The van der Waals surface area contributed by atoms with Gasteiger partial charge < -0.3 is 15.3 Å². The van der Waals surface area contributed by atoms with Crippen LogP contribution in [0, 0.1) is 5.92 Å². The first kappa shape index (κ1) is 15.8. The Morgan fingerprint density at radius 3 is 3.00 bits per heavy atom. The van der Waals surface area contributed by atoms with Crippen molar-refractivity contribution in [1.82, 2.24) is 20.0 Å². The van der Waals surface area contributed by atoms with Crippen LogP contribution in [0.5, 0.6) is 0 Å². The van der Waals surface area contributed by atoms with E-state index in [9.17, 15) is 5.11 Å².